The van der Waals surface area contributed by atoms with Crippen LogP contribution in [0.4, 0.5) is 0 Å². The average molecular weight is 408 g/mol. The summed E-state index contributed by atoms with van der Waals surface area (Å²) in [5.74, 6) is -0.721. The van der Waals surface area contributed by atoms with Crippen LogP contribution in [0, 0.1) is 0 Å². The molecule has 2 N–H and O–H groups in total. The molecular weight excluding hydrogens is 392 g/mol. The van der Waals surface area contributed by atoms with Gasteiger partial charge in [-0.25, -0.2) is 0 Å². The molecule has 0 unspecified atom stereocenters. The molecule has 0 aliphatic carbocycles. The molecule has 0 saturated heterocycles. The van der Waals surface area contributed by atoms with Crippen LogP contribution in [-0.4, -0.2) is 18.4 Å². The van der Waals surface area contributed by atoms with Crippen molar-refractivity contribution in [2.45, 2.75) is 6.92 Å². The van der Waals surface area contributed by atoms with Crippen LogP contribution >= 0.6 is 27.5 Å². The van der Waals surface area contributed by atoms with Gasteiger partial charge in [0.1, 0.15) is 5.70 Å². The second-order valence-corrected chi connectivity index (χ2v) is 6.19. The summed E-state index contributed by atoms with van der Waals surface area (Å²) >= 11 is 9.20. The van der Waals surface area contributed by atoms with E-state index in [0.717, 1.165) is 5.56 Å². The molecule has 0 aromatic heterocycles. The minimum Gasteiger partial charge on any atom is -0.351 e. The number of nitrogens with one attached hydrogen (secondary N) is 2. The number of halogens is 2. The summed E-state index contributed by atoms with van der Waals surface area (Å²) in [4.78, 5) is 24.7. The highest BCUT2D eigenvalue weighted by Crippen LogP contribution is 2.17. The highest BCUT2D eigenvalue weighted by atomic mass is 79.9. The van der Waals surface area contributed by atoms with Crippen molar-refractivity contribution < 1.29 is 9.59 Å². The van der Waals surface area contributed by atoms with Crippen LogP contribution in [0.1, 0.15) is 22.8 Å². The van der Waals surface area contributed by atoms with Gasteiger partial charge in [0.2, 0.25) is 0 Å². The molecule has 124 valence electrons. The van der Waals surface area contributed by atoms with Gasteiger partial charge in [0.15, 0.2) is 0 Å². The Balaban J connectivity index is 2.29. The number of rotatable bonds is 5. The number of carbonyl (C=O) groups is 2. The summed E-state index contributed by atoms with van der Waals surface area (Å²) < 4.78 is 0.657. The van der Waals surface area contributed by atoms with Crippen molar-refractivity contribution in [3.63, 3.8) is 0 Å². The van der Waals surface area contributed by atoms with E-state index in [0.29, 0.717) is 21.6 Å². The number of likely N-dealkylation sites (N-methyl/N-ethyl adjacent to an activating group) is 1. The molecule has 0 heterocycles. The average Bonchev–Trinajstić information content (AvgIpc) is 2.56. The van der Waals surface area contributed by atoms with E-state index in [-0.39, 0.29) is 17.5 Å². The summed E-state index contributed by atoms with van der Waals surface area (Å²) in [6.07, 6.45) is 1.61. The van der Waals surface area contributed by atoms with E-state index < -0.39 is 0 Å². The highest BCUT2D eigenvalue weighted by Gasteiger charge is 2.15. The molecule has 0 bridgehead atoms. The normalized spacial score (nSPS) is 11.0. The van der Waals surface area contributed by atoms with Crippen LogP contribution in [-0.2, 0) is 4.79 Å². The summed E-state index contributed by atoms with van der Waals surface area (Å²) in [5, 5.41) is 5.96. The summed E-state index contributed by atoms with van der Waals surface area (Å²) in [7, 11) is 0. The predicted molar refractivity (Wildman–Crippen MR) is 99.7 cm³/mol. The molecule has 6 heteroatoms. The first-order chi connectivity index (χ1) is 11.5. The lowest BCUT2D eigenvalue weighted by molar-refractivity contribution is -0.117. The lowest BCUT2D eigenvalue weighted by Gasteiger charge is -2.11. The predicted octanol–water partition coefficient (Wildman–Crippen LogP) is 4.01. The molecule has 0 saturated carbocycles. The molecule has 2 aromatic rings. The van der Waals surface area contributed by atoms with E-state index in [1.54, 1.807) is 48.5 Å². The van der Waals surface area contributed by atoms with Gasteiger partial charge in [0.05, 0.1) is 5.56 Å². The third-order valence-corrected chi connectivity index (χ3v) is 4.07. The van der Waals surface area contributed by atoms with E-state index in [2.05, 4.69) is 26.6 Å². The van der Waals surface area contributed by atoms with Crippen molar-refractivity contribution in [3.8, 4) is 0 Å². The molecular formula is C18H16BrClN2O2. The minimum absolute atomic E-state index is 0.167. The Labute approximate surface area is 154 Å². The number of hydrogen-bond acceptors (Lipinski definition) is 2. The van der Waals surface area contributed by atoms with Gasteiger partial charge >= 0.3 is 0 Å². The van der Waals surface area contributed by atoms with Crippen molar-refractivity contribution in [2.24, 2.45) is 0 Å². The monoisotopic (exact) mass is 406 g/mol. The largest absolute Gasteiger partial charge is 0.351 e. The zero-order valence-electron chi connectivity index (χ0n) is 13.0. The Morgan fingerprint density at radius 1 is 1.12 bits per heavy atom. The second kappa shape index (κ2) is 8.66. The molecule has 0 fully saturated rings. The standard InChI is InChI=1S/C18H16BrClN2O2/c1-2-21-18(24)16(11-12-7-9-13(20)10-8-12)22-17(23)14-5-3-4-6-15(14)19/h3-11H,2H2,1H3,(H,21,24)(H,22,23)/b16-11-. The van der Waals surface area contributed by atoms with Crippen LogP contribution in [0.5, 0.6) is 0 Å². The van der Waals surface area contributed by atoms with Gasteiger partial charge < -0.3 is 10.6 Å². The lowest BCUT2D eigenvalue weighted by Crippen LogP contribution is -2.34. The maximum Gasteiger partial charge on any atom is 0.267 e. The molecule has 0 spiro atoms. The van der Waals surface area contributed by atoms with Gasteiger partial charge in [0.25, 0.3) is 11.8 Å². The van der Waals surface area contributed by atoms with Gasteiger partial charge in [-0.3, -0.25) is 9.59 Å². The molecule has 0 atom stereocenters. The van der Waals surface area contributed by atoms with Gasteiger partial charge in [-0.05, 0) is 58.8 Å². The maximum absolute atomic E-state index is 12.4. The van der Waals surface area contributed by atoms with Crippen LogP contribution < -0.4 is 10.6 Å². The van der Waals surface area contributed by atoms with E-state index in [1.807, 2.05) is 13.0 Å². The van der Waals surface area contributed by atoms with Crippen LogP contribution in [0.25, 0.3) is 6.08 Å². The Morgan fingerprint density at radius 2 is 1.79 bits per heavy atom. The Bertz CT molecular complexity index is 773. The van der Waals surface area contributed by atoms with Crippen LogP contribution in [0.15, 0.2) is 58.7 Å². The highest BCUT2D eigenvalue weighted by molar-refractivity contribution is 9.10. The zero-order chi connectivity index (χ0) is 17.5. The molecule has 2 rings (SSSR count). The molecule has 0 radical (unpaired) electrons. The zero-order valence-corrected chi connectivity index (χ0v) is 15.3. The number of carbonyl (C=O) groups excluding carboxylic acids is 2. The molecule has 24 heavy (non-hydrogen) atoms. The van der Waals surface area contributed by atoms with Gasteiger partial charge in [-0.2, -0.15) is 0 Å². The maximum atomic E-state index is 12.4. The van der Waals surface area contributed by atoms with E-state index in [4.69, 9.17) is 11.6 Å². The van der Waals surface area contributed by atoms with E-state index >= 15 is 0 Å². The second-order valence-electron chi connectivity index (χ2n) is 4.90. The van der Waals surface area contributed by atoms with Crippen molar-refractivity contribution in [1.29, 1.82) is 0 Å². The summed E-state index contributed by atoms with van der Waals surface area (Å²) in [5.41, 5.74) is 1.37. The number of hydrogen-bond donors (Lipinski definition) is 2. The van der Waals surface area contributed by atoms with Crippen molar-refractivity contribution in [1.82, 2.24) is 10.6 Å². The van der Waals surface area contributed by atoms with E-state index in [1.165, 1.54) is 0 Å². The first-order valence-electron chi connectivity index (χ1n) is 7.32. The molecule has 4 nitrogen and oxygen atoms in total. The number of amides is 2. The fourth-order valence-electron chi connectivity index (χ4n) is 1.97. The lowest BCUT2D eigenvalue weighted by atomic mass is 10.1. The molecule has 0 aliphatic rings. The first kappa shape index (κ1) is 18.2. The molecule has 2 aromatic carbocycles. The topological polar surface area (TPSA) is 58.2 Å². The van der Waals surface area contributed by atoms with Crippen molar-refractivity contribution in [3.05, 3.63) is 74.9 Å². The minimum atomic E-state index is -0.367. The Hall–Kier alpha value is -2.11. The molecule has 0 aliphatic heterocycles. The fourth-order valence-corrected chi connectivity index (χ4v) is 2.57. The van der Waals surface area contributed by atoms with Crippen molar-refractivity contribution >= 4 is 45.4 Å². The van der Waals surface area contributed by atoms with Crippen LogP contribution in [0.3, 0.4) is 0 Å². The van der Waals surface area contributed by atoms with Crippen molar-refractivity contribution in [2.75, 3.05) is 6.54 Å². The summed E-state index contributed by atoms with van der Waals surface area (Å²) in [6, 6.07) is 14.0. The summed E-state index contributed by atoms with van der Waals surface area (Å²) in [6.45, 7) is 2.27. The smallest absolute Gasteiger partial charge is 0.267 e. The third kappa shape index (κ3) is 4.94. The fraction of sp³-hybridized carbons (Fsp3) is 0.111. The van der Waals surface area contributed by atoms with Gasteiger partial charge in [-0.1, -0.05) is 35.9 Å². The molecule has 2 amide bonds. The first-order valence-corrected chi connectivity index (χ1v) is 8.49. The van der Waals surface area contributed by atoms with Crippen LogP contribution in [0.2, 0.25) is 5.02 Å². The number of benzene rings is 2. The van der Waals surface area contributed by atoms with Gasteiger partial charge in [-0.15, -0.1) is 0 Å². The third-order valence-electron chi connectivity index (χ3n) is 3.13. The Morgan fingerprint density at radius 3 is 2.42 bits per heavy atom. The van der Waals surface area contributed by atoms with Gasteiger partial charge in [0, 0.05) is 16.0 Å². The quantitative estimate of drug-likeness (QED) is 0.736. The Kier molecular flexibility index (Phi) is 6.58. The van der Waals surface area contributed by atoms with E-state index in [9.17, 15) is 9.59 Å². The SMILES string of the molecule is CCNC(=O)/C(=C/c1ccc(Cl)cc1)NC(=O)c1ccccc1Br.